The van der Waals surface area contributed by atoms with Crippen molar-refractivity contribution in [1.29, 1.82) is 0 Å². The Labute approximate surface area is 102 Å². The highest BCUT2D eigenvalue weighted by atomic mass is 32.2. The number of aliphatic hydroxyl groups excluding tert-OH is 1. The Hall–Kier alpha value is -0.670. The van der Waals surface area contributed by atoms with Crippen molar-refractivity contribution in [2.45, 2.75) is 43.4 Å². The summed E-state index contributed by atoms with van der Waals surface area (Å²) in [6, 6.07) is 5.87. The van der Waals surface area contributed by atoms with Crippen molar-refractivity contribution in [2.75, 3.05) is 7.11 Å². The Morgan fingerprint density at radius 3 is 2.38 bits per heavy atom. The van der Waals surface area contributed by atoms with Gasteiger partial charge in [0.1, 0.15) is 5.75 Å². The van der Waals surface area contributed by atoms with Crippen LogP contribution in [0.25, 0.3) is 0 Å². The third-order valence-corrected chi connectivity index (χ3v) is 3.27. The van der Waals surface area contributed by atoms with Crippen molar-refractivity contribution in [3.63, 3.8) is 0 Å². The third kappa shape index (κ3) is 3.42. The molecule has 1 aromatic rings. The molecule has 0 unspecified atom stereocenters. The molecule has 16 heavy (non-hydrogen) atoms. The molecule has 0 saturated heterocycles. The highest BCUT2D eigenvalue weighted by Gasteiger charge is 2.19. The molecule has 0 aliphatic carbocycles. The fraction of sp³-hybridized carbons (Fsp3) is 0.538. The van der Waals surface area contributed by atoms with Crippen LogP contribution in [0.15, 0.2) is 23.1 Å². The number of methoxy groups -OCH3 is 1. The Morgan fingerprint density at radius 1 is 1.31 bits per heavy atom. The second-order valence-electron chi connectivity index (χ2n) is 4.76. The summed E-state index contributed by atoms with van der Waals surface area (Å²) in [6.45, 7) is 8.24. The van der Waals surface area contributed by atoms with Crippen LogP contribution >= 0.6 is 11.8 Å². The maximum Gasteiger partial charge on any atom is 0.125 e. The number of rotatable bonds is 3. The van der Waals surface area contributed by atoms with Gasteiger partial charge in [-0.3, -0.25) is 0 Å². The van der Waals surface area contributed by atoms with Crippen molar-refractivity contribution >= 4 is 11.8 Å². The largest absolute Gasteiger partial charge is 0.496 e. The summed E-state index contributed by atoms with van der Waals surface area (Å²) >= 11 is 1.75. The highest BCUT2D eigenvalue weighted by Crippen LogP contribution is 2.40. The van der Waals surface area contributed by atoms with Crippen molar-refractivity contribution in [3.8, 4) is 5.75 Å². The van der Waals surface area contributed by atoms with Crippen LogP contribution in [0.5, 0.6) is 5.75 Å². The molecule has 0 bridgehead atoms. The van der Waals surface area contributed by atoms with E-state index < -0.39 is 6.10 Å². The molecule has 3 heteroatoms. The van der Waals surface area contributed by atoms with Gasteiger partial charge in [-0.25, -0.2) is 0 Å². The van der Waals surface area contributed by atoms with Gasteiger partial charge in [0.25, 0.3) is 0 Å². The van der Waals surface area contributed by atoms with E-state index in [0.29, 0.717) is 0 Å². The standard InChI is InChI=1S/C13H20O2S/c1-9(14)12-10(15-5)7-6-8-11(12)16-13(2,3)4/h6-9,14H,1-5H3/t9-/m0/s1. The highest BCUT2D eigenvalue weighted by molar-refractivity contribution is 8.00. The predicted molar refractivity (Wildman–Crippen MR) is 69.2 cm³/mol. The normalized spacial score (nSPS) is 13.6. The summed E-state index contributed by atoms with van der Waals surface area (Å²) in [7, 11) is 1.63. The number of benzene rings is 1. The van der Waals surface area contributed by atoms with Crippen LogP contribution in [0.1, 0.15) is 39.4 Å². The predicted octanol–water partition coefficient (Wildman–Crippen LogP) is 3.64. The SMILES string of the molecule is COc1cccc(SC(C)(C)C)c1[C@H](C)O. The summed E-state index contributed by atoms with van der Waals surface area (Å²) in [5.41, 5.74) is 0.880. The average Bonchev–Trinajstić information content (AvgIpc) is 2.14. The molecule has 0 aliphatic rings. The molecule has 0 aromatic heterocycles. The number of thioether (sulfide) groups is 1. The lowest BCUT2D eigenvalue weighted by molar-refractivity contribution is 0.191. The second kappa shape index (κ2) is 5.11. The molecule has 0 radical (unpaired) electrons. The van der Waals surface area contributed by atoms with Gasteiger partial charge in [-0.05, 0) is 19.1 Å². The molecular formula is C13H20O2S. The number of hydrogen-bond acceptors (Lipinski definition) is 3. The number of ether oxygens (including phenoxy) is 1. The summed E-state index contributed by atoms with van der Waals surface area (Å²) in [5, 5.41) is 9.82. The minimum atomic E-state index is -0.513. The minimum Gasteiger partial charge on any atom is -0.496 e. The van der Waals surface area contributed by atoms with Gasteiger partial charge < -0.3 is 9.84 Å². The van der Waals surface area contributed by atoms with E-state index >= 15 is 0 Å². The molecule has 0 heterocycles. The molecule has 0 aliphatic heterocycles. The number of hydrogen-bond donors (Lipinski definition) is 1. The Kier molecular flexibility index (Phi) is 4.28. The molecular weight excluding hydrogens is 220 g/mol. The fourth-order valence-corrected chi connectivity index (χ4v) is 2.72. The molecule has 2 nitrogen and oxygen atoms in total. The Bertz CT molecular complexity index is 353. The molecule has 0 spiro atoms. The van der Waals surface area contributed by atoms with Gasteiger partial charge in [-0.1, -0.05) is 26.8 Å². The zero-order chi connectivity index (χ0) is 12.3. The van der Waals surface area contributed by atoms with Gasteiger partial charge in [-0.15, -0.1) is 11.8 Å². The van der Waals surface area contributed by atoms with E-state index in [1.807, 2.05) is 18.2 Å². The lowest BCUT2D eigenvalue weighted by atomic mass is 10.1. The second-order valence-corrected chi connectivity index (χ2v) is 6.63. The van der Waals surface area contributed by atoms with E-state index in [9.17, 15) is 5.11 Å². The molecule has 0 saturated carbocycles. The minimum absolute atomic E-state index is 0.121. The van der Waals surface area contributed by atoms with Crippen LogP contribution in [0.3, 0.4) is 0 Å². The van der Waals surface area contributed by atoms with Gasteiger partial charge in [0.2, 0.25) is 0 Å². The molecule has 1 atom stereocenters. The van der Waals surface area contributed by atoms with Crippen molar-refractivity contribution < 1.29 is 9.84 Å². The Balaban J connectivity index is 3.17. The van der Waals surface area contributed by atoms with Crippen molar-refractivity contribution in [1.82, 2.24) is 0 Å². The first-order valence-electron chi connectivity index (χ1n) is 5.39. The molecule has 0 fully saturated rings. The van der Waals surface area contributed by atoms with Gasteiger partial charge in [-0.2, -0.15) is 0 Å². The molecule has 0 amide bonds. The van der Waals surface area contributed by atoms with Crippen LogP contribution in [0.4, 0.5) is 0 Å². The zero-order valence-corrected chi connectivity index (χ0v) is 11.4. The first-order valence-corrected chi connectivity index (χ1v) is 6.21. The molecule has 1 N–H and O–H groups in total. The van der Waals surface area contributed by atoms with Crippen LogP contribution in [-0.4, -0.2) is 17.0 Å². The van der Waals surface area contributed by atoms with E-state index in [2.05, 4.69) is 20.8 Å². The van der Waals surface area contributed by atoms with E-state index in [-0.39, 0.29) is 4.75 Å². The zero-order valence-electron chi connectivity index (χ0n) is 10.6. The average molecular weight is 240 g/mol. The molecule has 90 valence electrons. The maximum absolute atomic E-state index is 9.82. The lowest BCUT2D eigenvalue weighted by Gasteiger charge is -2.22. The van der Waals surface area contributed by atoms with Gasteiger partial charge in [0, 0.05) is 15.2 Å². The first-order chi connectivity index (χ1) is 7.35. The third-order valence-electron chi connectivity index (χ3n) is 2.08. The van der Waals surface area contributed by atoms with E-state index in [4.69, 9.17) is 4.74 Å². The fourth-order valence-electron chi connectivity index (χ4n) is 1.53. The van der Waals surface area contributed by atoms with Crippen LogP contribution in [0.2, 0.25) is 0 Å². The van der Waals surface area contributed by atoms with Crippen molar-refractivity contribution in [2.24, 2.45) is 0 Å². The lowest BCUT2D eigenvalue weighted by Crippen LogP contribution is -2.09. The maximum atomic E-state index is 9.82. The summed E-state index contributed by atoms with van der Waals surface area (Å²) in [5.74, 6) is 0.754. The topological polar surface area (TPSA) is 29.5 Å². The van der Waals surface area contributed by atoms with Gasteiger partial charge >= 0.3 is 0 Å². The van der Waals surface area contributed by atoms with Crippen LogP contribution in [0, 0.1) is 0 Å². The quantitative estimate of drug-likeness (QED) is 0.818. The van der Waals surface area contributed by atoms with Crippen LogP contribution in [-0.2, 0) is 0 Å². The summed E-state index contributed by atoms with van der Waals surface area (Å²) in [4.78, 5) is 1.09. The molecule has 1 rings (SSSR count). The van der Waals surface area contributed by atoms with E-state index in [1.165, 1.54) is 0 Å². The van der Waals surface area contributed by atoms with E-state index in [0.717, 1.165) is 16.2 Å². The van der Waals surface area contributed by atoms with Crippen molar-refractivity contribution in [3.05, 3.63) is 23.8 Å². The van der Waals surface area contributed by atoms with Crippen LogP contribution < -0.4 is 4.74 Å². The van der Waals surface area contributed by atoms with Gasteiger partial charge in [0.15, 0.2) is 0 Å². The smallest absolute Gasteiger partial charge is 0.125 e. The summed E-state index contributed by atoms with van der Waals surface area (Å²) < 4.78 is 5.41. The monoisotopic (exact) mass is 240 g/mol. The molecule has 1 aromatic carbocycles. The first kappa shape index (κ1) is 13.4. The van der Waals surface area contributed by atoms with E-state index in [1.54, 1.807) is 25.8 Å². The van der Waals surface area contributed by atoms with Gasteiger partial charge in [0.05, 0.1) is 13.2 Å². The summed E-state index contributed by atoms with van der Waals surface area (Å²) in [6.07, 6.45) is -0.513. The Morgan fingerprint density at radius 2 is 1.94 bits per heavy atom. The number of aliphatic hydroxyl groups is 1.